The van der Waals surface area contributed by atoms with Crippen molar-refractivity contribution >= 4 is 41.8 Å². The molecule has 0 saturated heterocycles. The second-order valence-corrected chi connectivity index (χ2v) is 16.9. The number of halogens is 1. The third kappa shape index (κ3) is 7.58. The van der Waals surface area contributed by atoms with Gasteiger partial charge in [-0.05, 0) is 72.4 Å². The number of pyridine rings is 1. The number of carbonyl (C=O) groups excluding carboxylic acids is 2. The van der Waals surface area contributed by atoms with Gasteiger partial charge in [0.15, 0.2) is 0 Å². The van der Waals surface area contributed by atoms with Gasteiger partial charge >= 0.3 is 6.09 Å². The summed E-state index contributed by atoms with van der Waals surface area (Å²) in [5.74, 6) is 3.36. The maximum Gasteiger partial charge on any atom is 0.410 e. The van der Waals surface area contributed by atoms with Crippen molar-refractivity contribution in [3.8, 4) is 11.5 Å². The van der Waals surface area contributed by atoms with Gasteiger partial charge in [-0.2, -0.15) is 0 Å². The van der Waals surface area contributed by atoms with Crippen LogP contribution in [0, 0.1) is 11.5 Å². The van der Waals surface area contributed by atoms with Crippen molar-refractivity contribution in [1.29, 1.82) is 0 Å². The zero-order chi connectivity index (χ0) is 25.7. The number of carbonyl (C=O) groups is 2. The molecule has 1 rings (SSSR count). The number of aromatic nitrogens is 1. The van der Waals surface area contributed by atoms with Crippen LogP contribution in [0.25, 0.3) is 0 Å². The van der Waals surface area contributed by atoms with Crippen molar-refractivity contribution < 1.29 is 14.3 Å². The fraction of sp³-hybridized carbons (Fsp3) is 0.640. The molecule has 0 unspecified atom stereocenters. The minimum atomic E-state index is -1.92. The van der Waals surface area contributed by atoms with Crippen molar-refractivity contribution in [3.63, 3.8) is 0 Å². The summed E-state index contributed by atoms with van der Waals surface area (Å²) in [5.41, 5.74) is 5.15. The molecule has 0 aliphatic carbocycles. The van der Waals surface area contributed by atoms with Gasteiger partial charge in [0, 0.05) is 7.05 Å². The van der Waals surface area contributed by atoms with E-state index in [0.29, 0.717) is 28.1 Å². The Kier molecular flexibility index (Phi) is 10.2. The lowest BCUT2D eigenvalue weighted by Crippen LogP contribution is -2.45. The lowest BCUT2D eigenvalue weighted by atomic mass is 10.2. The van der Waals surface area contributed by atoms with E-state index in [-0.39, 0.29) is 5.91 Å². The summed E-state index contributed by atoms with van der Waals surface area (Å²) in [6.07, 6.45) is -0.558. The Morgan fingerprint density at radius 3 is 2.03 bits per heavy atom. The highest BCUT2D eigenvalue weighted by atomic mass is 79.9. The number of anilines is 1. The highest BCUT2D eigenvalue weighted by Crippen LogP contribution is 2.40. The minimum absolute atomic E-state index is 0.354. The van der Waals surface area contributed by atoms with Crippen LogP contribution < -0.4 is 5.32 Å². The largest absolute Gasteiger partial charge is 0.444 e. The summed E-state index contributed by atoms with van der Waals surface area (Å²) in [5, 5.41) is 2.80. The molecule has 2 amide bonds. The first kappa shape index (κ1) is 29.2. The summed E-state index contributed by atoms with van der Waals surface area (Å²) in [6, 6.07) is 2.81. The Morgan fingerprint density at radius 2 is 1.58 bits per heavy atom. The SMILES string of the molecule is CC(C)[Si](C#Cc1nc(NC(=O)[C@@H](C)N(C)C(=O)OC(C)(C)C)ccc1Br)(C(C)C)C(C)C. The quantitative estimate of drug-likeness (QED) is 0.327. The summed E-state index contributed by atoms with van der Waals surface area (Å²) in [7, 11) is -0.375. The van der Waals surface area contributed by atoms with Gasteiger partial charge < -0.3 is 10.1 Å². The van der Waals surface area contributed by atoms with Crippen LogP contribution in [-0.4, -0.2) is 48.6 Å². The second kappa shape index (κ2) is 11.5. The standard InChI is InChI=1S/C25H40BrN3O3Si/c1-16(2)33(17(3)4,18(5)6)15-14-21-20(26)12-13-22(27-21)28-23(30)19(7)29(11)24(31)32-25(8,9)10/h12-13,16-19H,1-11H3,(H,27,28,30)/t19-/m1/s1. The molecule has 0 bridgehead atoms. The Bertz CT molecular complexity index is 892. The zero-order valence-corrected chi connectivity index (χ0v) is 24.5. The van der Waals surface area contributed by atoms with Crippen molar-refractivity contribution in [1.82, 2.24) is 9.88 Å². The molecule has 6 nitrogen and oxygen atoms in total. The van der Waals surface area contributed by atoms with E-state index < -0.39 is 25.8 Å². The molecule has 0 fully saturated rings. The topological polar surface area (TPSA) is 71.5 Å². The minimum Gasteiger partial charge on any atom is -0.444 e. The number of hydrogen-bond acceptors (Lipinski definition) is 4. The second-order valence-electron chi connectivity index (χ2n) is 10.4. The average molecular weight is 539 g/mol. The van der Waals surface area contributed by atoms with E-state index in [1.165, 1.54) is 11.9 Å². The fourth-order valence-corrected chi connectivity index (χ4v) is 9.62. The molecule has 1 aromatic heterocycles. The van der Waals surface area contributed by atoms with Gasteiger partial charge in [0.2, 0.25) is 5.91 Å². The molecule has 0 spiro atoms. The number of nitrogens with zero attached hydrogens (tertiary/aromatic N) is 2. The third-order valence-corrected chi connectivity index (χ3v) is 12.9. The van der Waals surface area contributed by atoms with Crippen LogP contribution in [0.1, 0.15) is 74.9 Å². The number of hydrogen-bond donors (Lipinski definition) is 1. The number of ether oxygens (including phenoxy) is 1. The summed E-state index contributed by atoms with van der Waals surface area (Å²) in [4.78, 5) is 30.9. The molecule has 1 heterocycles. The maximum absolute atomic E-state index is 12.8. The average Bonchev–Trinajstić information content (AvgIpc) is 2.67. The van der Waals surface area contributed by atoms with Gasteiger partial charge in [0.25, 0.3) is 0 Å². The van der Waals surface area contributed by atoms with E-state index in [9.17, 15) is 9.59 Å². The van der Waals surface area contributed by atoms with Gasteiger partial charge in [-0.15, -0.1) is 5.54 Å². The summed E-state index contributed by atoms with van der Waals surface area (Å²) < 4.78 is 6.13. The van der Waals surface area contributed by atoms with Crippen LogP contribution >= 0.6 is 15.9 Å². The molecule has 0 aliphatic heterocycles. The van der Waals surface area contributed by atoms with Crippen molar-refractivity contribution in [2.24, 2.45) is 0 Å². The molecule has 1 atom stereocenters. The Labute approximate surface area is 209 Å². The van der Waals surface area contributed by atoms with E-state index >= 15 is 0 Å². The number of amides is 2. The molecular weight excluding hydrogens is 498 g/mol. The Morgan fingerprint density at radius 1 is 1.06 bits per heavy atom. The molecule has 0 aromatic carbocycles. The fourth-order valence-electron chi connectivity index (χ4n) is 4.10. The maximum atomic E-state index is 12.8. The Balaban J connectivity index is 3.15. The Hall–Kier alpha value is -1.85. The summed E-state index contributed by atoms with van der Waals surface area (Å²) in [6.45, 7) is 20.6. The molecule has 8 heteroatoms. The monoisotopic (exact) mass is 537 g/mol. The highest BCUT2D eigenvalue weighted by molar-refractivity contribution is 9.10. The van der Waals surface area contributed by atoms with Gasteiger partial charge in [-0.25, -0.2) is 9.78 Å². The highest BCUT2D eigenvalue weighted by Gasteiger charge is 2.41. The number of nitrogens with one attached hydrogen (secondary N) is 1. The van der Waals surface area contributed by atoms with Crippen LogP contribution in [0.15, 0.2) is 16.6 Å². The predicted octanol–water partition coefficient (Wildman–Crippen LogP) is 6.61. The first-order chi connectivity index (χ1) is 15.0. The molecule has 1 aromatic rings. The smallest absolute Gasteiger partial charge is 0.410 e. The number of likely N-dealkylation sites (N-methyl/N-ethyl adjacent to an activating group) is 1. The lowest BCUT2D eigenvalue weighted by Gasteiger charge is -2.38. The van der Waals surface area contributed by atoms with E-state index in [1.54, 1.807) is 33.8 Å². The first-order valence-corrected chi connectivity index (χ1v) is 14.5. The molecular formula is C25H40BrN3O3Si. The third-order valence-electron chi connectivity index (χ3n) is 6.00. The van der Waals surface area contributed by atoms with E-state index in [0.717, 1.165) is 4.47 Å². The first-order valence-electron chi connectivity index (χ1n) is 11.5. The van der Waals surface area contributed by atoms with Crippen LogP contribution in [0.2, 0.25) is 16.6 Å². The van der Waals surface area contributed by atoms with E-state index in [2.05, 4.69) is 79.2 Å². The number of rotatable bonds is 6. The molecule has 1 N–H and O–H groups in total. The van der Waals surface area contributed by atoms with Crippen molar-refractivity contribution in [2.75, 3.05) is 12.4 Å². The molecule has 0 saturated carbocycles. The van der Waals surface area contributed by atoms with Crippen LogP contribution in [0.3, 0.4) is 0 Å². The normalized spacial score (nSPS) is 12.9. The summed E-state index contributed by atoms with van der Waals surface area (Å²) >= 11 is 3.54. The van der Waals surface area contributed by atoms with Crippen LogP contribution in [-0.2, 0) is 9.53 Å². The van der Waals surface area contributed by atoms with E-state index in [1.807, 2.05) is 6.07 Å². The van der Waals surface area contributed by atoms with Gasteiger partial charge in [-0.1, -0.05) is 47.5 Å². The van der Waals surface area contributed by atoms with Crippen LogP contribution in [0.4, 0.5) is 10.6 Å². The molecule has 0 radical (unpaired) electrons. The zero-order valence-electron chi connectivity index (χ0n) is 22.0. The lowest BCUT2D eigenvalue weighted by molar-refractivity contribution is -0.120. The van der Waals surface area contributed by atoms with Gasteiger partial charge in [0.1, 0.15) is 31.2 Å². The molecule has 184 valence electrons. The van der Waals surface area contributed by atoms with Crippen molar-refractivity contribution in [2.45, 2.75) is 97.5 Å². The molecule has 33 heavy (non-hydrogen) atoms. The predicted molar refractivity (Wildman–Crippen MR) is 142 cm³/mol. The van der Waals surface area contributed by atoms with Gasteiger partial charge in [0.05, 0.1) is 4.47 Å². The van der Waals surface area contributed by atoms with Crippen LogP contribution in [0.5, 0.6) is 0 Å². The van der Waals surface area contributed by atoms with Crippen molar-refractivity contribution in [3.05, 3.63) is 22.3 Å². The molecule has 0 aliphatic rings. The van der Waals surface area contributed by atoms with E-state index in [4.69, 9.17) is 4.74 Å². The van der Waals surface area contributed by atoms with Gasteiger partial charge in [-0.3, -0.25) is 9.69 Å².